The SMILES string of the molecule is CC(C)(C)c1cc(C(C)(C)C)c(P2C(c3ccccc3)O[Si]2([Si](C)(C(C)(C)C)C(C)(C)C)[Si](C)(C(C)(C)C)C(C)(C)C)c(C(C)(C)C)c1. The summed E-state index contributed by atoms with van der Waals surface area (Å²) in [6.07, 6.45) is 0. The van der Waals surface area contributed by atoms with Crippen molar-refractivity contribution in [2.75, 3.05) is 0 Å². The van der Waals surface area contributed by atoms with E-state index >= 15 is 0 Å². The van der Waals surface area contributed by atoms with E-state index in [2.05, 4.69) is 201 Å². The first kappa shape index (κ1) is 41.9. The van der Waals surface area contributed by atoms with Crippen LogP contribution < -0.4 is 5.30 Å². The van der Waals surface area contributed by atoms with Gasteiger partial charge in [-0.3, -0.25) is 0 Å². The maximum atomic E-state index is 8.44. The molecule has 2 atom stereocenters. The summed E-state index contributed by atoms with van der Waals surface area (Å²) in [4.78, 5) is 0. The van der Waals surface area contributed by atoms with Crippen molar-refractivity contribution in [3.05, 3.63) is 64.7 Å². The van der Waals surface area contributed by atoms with Crippen LogP contribution in [0.3, 0.4) is 0 Å². The summed E-state index contributed by atoms with van der Waals surface area (Å²) in [6.45, 7) is 59.2. The van der Waals surface area contributed by atoms with Crippen LogP contribution in [-0.4, -0.2) is 22.2 Å². The highest BCUT2D eigenvalue weighted by Gasteiger charge is 2.84. The smallest absolute Gasteiger partial charge is 0.202 e. The highest BCUT2D eigenvalue weighted by Crippen LogP contribution is 2.83. The van der Waals surface area contributed by atoms with Crippen LogP contribution in [0.2, 0.25) is 33.2 Å². The maximum absolute atomic E-state index is 8.44. The molecule has 1 saturated heterocycles. The van der Waals surface area contributed by atoms with Gasteiger partial charge >= 0.3 is 0 Å². The van der Waals surface area contributed by atoms with Crippen molar-refractivity contribution >= 4 is 35.0 Å². The fraction of sp³-hybridized carbons (Fsp3) is 0.721. The van der Waals surface area contributed by atoms with Crippen molar-refractivity contribution in [3.63, 3.8) is 0 Å². The molecule has 1 aliphatic heterocycles. The average molecular weight is 725 g/mol. The van der Waals surface area contributed by atoms with Crippen LogP contribution in [0, 0.1) is 0 Å². The molecule has 1 heterocycles. The monoisotopic (exact) mass is 725 g/mol. The Morgan fingerprint density at radius 3 is 1.12 bits per heavy atom. The van der Waals surface area contributed by atoms with E-state index in [0.717, 1.165) is 0 Å². The Balaban J connectivity index is 2.88. The molecule has 3 rings (SSSR count). The lowest BCUT2D eigenvalue weighted by Crippen LogP contribution is -2.89. The summed E-state index contributed by atoms with van der Waals surface area (Å²) in [7, 11) is -7.94. The molecule has 2 aromatic rings. The van der Waals surface area contributed by atoms with Crippen LogP contribution in [0.1, 0.15) is 173 Å². The molecule has 0 spiro atoms. The van der Waals surface area contributed by atoms with E-state index in [1.54, 1.807) is 16.4 Å². The van der Waals surface area contributed by atoms with E-state index in [0.29, 0.717) is 0 Å². The Labute approximate surface area is 303 Å². The van der Waals surface area contributed by atoms with E-state index in [-0.39, 0.29) is 42.2 Å². The first-order chi connectivity index (χ1) is 21.0. The summed E-state index contributed by atoms with van der Waals surface area (Å²) in [6, 6.07) is 16.8. The lowest BCUT2D eigenvalue weighted by molar-refractivity contribution is 0.274. The van der Waals surface area contributed by atoms with Gasteiger partial charge in [0.2, 0.25) is 7.02 Å². The third-order valence-corrected chi connectivity index (χ3v) is 74.1. The normalized spacial score (nSPS) is 20.5. The molecule has 48 heavy (non-hydrogen) atoms. The zero-order chi connectivity index (χ0) is 37.7. The van der Waals surface area contributed by atoms with Gasteiger partial charge in [-0.05, 0) is 71.4 Å². The van der Waals surface area contributed by atoms with Gasteiger partial charge in [0.05, 0.1) is 21.0 Å². The van der Waals surface area contributed by atoms with Crippen molar-refractivity contribution in [3.8, 4) is 0 Å². The van der Waals surface area contributed by atoms with Gasteiger partial charge < -0.3 is 4.43 Å². The van der Waals surface area contributed by atoms with Gasteiger partial charge in [0.25, 0.3) is 0 Å². The van der Waals surface area contributed by atoms with Crippen molar-refractivity contribution in [1.82, 2.24) is 0 Å². The van der Waals surface area contributed by atoms with E-state index < -0.39 is 29.7 Å². The van der Waals surface area contributed by atoms with Crippen molar-refractivity contribution in [1.29, 1.82) is 0 Å². The second kappa shape index (κ2) is 12.3. The van der Waals surface area contributed by atoms with Crippen molar-refractivity contribution in [2.45, 2.75) is 201 Å². The number of hydrogen-bond donors (Lipinski definition) is 0. The molecule has 2 unspecified atom stereocenters. The zero-order valence-corrected chi connectivity index (χ0v) is 39.9. The summed E-state index contributed by atoms with van der Waals surface area (Å²) in [5.41, 5.74) is 6.10. The molecule has 0 N–H and O–H groups in total. The molecule has 272 valence electrons. The molecule has 0 saturated carbocycles. The second-order valence-corrected chi connectivity index (χ2v) is 54.1. The summed E-state index contributed by atoms with van der Waals surface area (Å²) in [5, 5.41) is 2.39. The van der Waals surface area contributed by atoms with Gasteiger partial charge in [0.1, 0.15) is 0 Å². The van der Waals surface area contributed by atoms with Crippen LogP contribution in [0.5, 0.6) is 0 Å². The van der Waals surface area contributed by atoms with E-state index in [1.165, 1.54) is 11.1 Å². The molecule has 1 fully saturated rings. The summed E-state index contributed by atoms with van der Waals surface area (Å²) in [5.74, 6) is 0.128. The molecule has 1 aliphatic rings. The van der Waals surface area contributed by atoms with Gasteiger partial charge in [-0.1, -0.05) is 201 Å². The van der Waals surface area contributed by atoms with Gasteiger partial charge in [-0.25, -0.2) is 0 Å². The molecule has 1 nitrogen and oxygen atoms in total. The summed E-state index contributed by atoms with van der Waals surface area (Å²) >= 11 is 0. The predicted octanol–water partition coefficient (Wildman–Crippen LogP) is 14.4. The molecule has 0 aliphatic carbocycles. The first-order valence-electron chi connectivity index (χ1n) is 18.7. The Bertz CT molecular complexity index is 1360. The van der Waals surface area contributed by atoms with E-state index in [4.69, 9.17) is 4.43 Å². The fourth-order valence-corrected chi connectivity index (χ4v) is 96.0. The number of rotatable bonds is 4. The van der Waals surface area contributed by atoms with Crippen LogP contribution in [0.25, 0.3) is 0 Å². The Morgan fingerprint density at radius 1 is 0.521 bits per heavy atom. The second-order valence-electron chi connectivity index (χ2n) is 22.8. The van der Waals surface area contributed by atoms with Crippen LogP contribution in [0.15, 0.2) is 42.5 Å². The number of hydrogen-bond acceptors (Lipinski definition) is 1. The third-order valence-electron chi connectivity index (χ3n) is 13.1. The molecule has 2 aromatic carbocycles. The van der Waals surface area contributed by atoms with E-state index in [9.17, 15) is 0 Å². The molecule has 0 amide bonds. The molecule has 5 heteroatoms. The highest BCUT2D eigenvalue weighted by atomic mass is 31.5. The first-order valence-corrected chi connectivity index (χ1v) is 29.9. The van der Waals surface area contributed by atoms with Gasteiger partial charge in [0, 0.05) is 0 Å². The topological polar surface area (TPSA) is 9.23 Å². The highest BCUT2D eigenvalue weighted by molar-refractivity contribution is 8.22. The Kier molecular flexibility index (Phi) is 10.7. The molecule has 0 bridgehead atoms. The molecule has 0 aromatic heterocycles. The fourth-order valence-electron chi connectivity index (χ4n) is 9.47. The zero-order valence-electron chi connectivity index (χ0n) is 36.0. The lowest BCUT2D eigenvalue weighted by Gasteiger charge is -2.76. The summed E-state index contributed by atoms with van der Waals surface area (Å²) < 4.78 is 8.44. The average Bonchev–Trinajstić information content (AvgIpc) is 2.84. The molecular weight excluding hydrogens is 648 g/mol. The van der Waals surface area contributed by atoms with Crippen molar-refractivity contribution in [2.24, 2.45) is 0 Å². The Morgan fingerprint density at radius 2 is 0.854 bits per heavy atom. The van der Waals surface area contributed by atoms with Crippen molar-refractivity contribution < 1.29 is 4.43 Å². The van der Waals surface area contributed by atoms with Gasteiger partial charge in [0.15, 0.2) is 0 Å². The molecule has 0 radical (unpaired) electrons. The Hall–Kier alpha value is -0.519. The number of benzene rings is 2. The van der Waals surface area contributed by atoms with Crippen LogP contribution in [-0.2, 0) is 20.7 Å². The largest absolute Gasteiger partial charge is 0.407 e. The third kappa shape index (κ3) is 6.41. The standard InChI is InChI=1S/C43H77OPSi3/c1-37(2,3)32-29-33(38(4,5)6)35(34(30-32)39(7,8)9)45-36(31-27-25-24-26-28-31)44-48(45,46(22,40(10,11)12)41(13,14)15)47(23,42(16,17)18)43(19,20)21/h24-30,36H,1-23H3. The minimum Gasteiger partial charge on any atom is -0.407 e. The lowest BCUT2D eigenvalue weighted by atomic mass is 9.75. The van der Waals surface area contributed by atoms with Crippen LogP contribution >= 0.6 is 7.47 Å². The predicted molar refractivity (Wildman–Crippen MR) is 227 cm³/mol. The maximum Gasteiger partial charge on any atom is 0.202 e. The van der Waals surface area contributed by atoms with Gasteiger partial charge in [-0.15, -0.1) is 0 Å². The van der Waals surface area contributed by atoms with E-state index in [1.807, 2.05) is 0 Å². The van der Waals surface area contributed by atoms with Gasteiger partial charge in [-0.2, -0.15) is 0 Å². The molecular formula is C43H77OPSi3. The quantitative estimate of drug-likeness (QED) is 0.225. The minimum absolute atomic E-state index is 0.00125. The van der Waals surface area contributed by atoms with Crippen LogP contribution in [0.4, 0.5) is 0 Å². The minimum atomic E-state index is -2.65.